The second kappa shape index (κ2) is 6.36. The minimum atomic E-state index is 0.0115. The predicted octanol–water partition coefficient (Wildman–Crippen LogP) is 4.56. The molecule has 0 aliphatic rings. The van der Waals surface area contributed by atoms with Crippen LogP contribution in [0.1, 0.15) is 47.7 Å². The summed E-state index contributed by atoms with van der Waals surface area (Å²) in [6.45, 7) is 6.68. The van der Waals surface area contributed by atoms with Gasteiger partial charge in [0.2, 0.25) is 0 Å². The zero-order valence-electron chi connectivity index (χ0n) is 12.0. The van der Waals surface area contributed by atoms with E-state index in [0.717, 1.165) is 12.8 Å². The molecule has 1 atom stereocenters. The zero-order chi connectivity index (χ0) is 13.8. The van der Waals surface area contributed by atoms with Crippen molar-refractivity contribution in [1.82, 2.24) is 0 Å². The molecular weight excluding hydrogens is 250 g/mol. The van der Waals surface area contributed by atoms with Gasteiger partial charge in [-0.15, -0.1) is 11.3 Å². The molecule has 102 valence electrons. The largest absolute Gasteiger partial charge is 0.320 e. The lowest BCUT2D eigenvalue weighted by atomic mass is 9.98. The zero-order valence-corrected chi connectivity index (χ0v) is 12.8. The summed E-state index contributed by atoms with van der Waals surface area (Å²) in [6.07, 6.45) is 2.20. The van der Waals surface area contributed by atoms with Crippen LogP contribution in [0, 0.1) is 5.92 Å². The third-order valence-electron chi connectivity index (χ3n) is 3.29. The number of benzene rings is 1. The summed E-state index contributed by atoms with van der Waals surface area (Å²) >= 11 is 1.83. The second-order valence-corrected chi connectivity index (χ2v) is 6.68. The molecule has 0 radical (unpaired) electrons. The maximum Gasteiger partial charge on any atom is 0.0646 e. The monoisotopic (exact) mass is 273 g/mol. The fourth-order valence-corrected chi connectivity index (χ4v) is 3.28. The Kier molecular flexibility index (Phi) is 4.78. The summed E-state index contributed by atoms with van der Waals surface area (Å²) in [6, 6.07) is 13.1. The van der Waals surface area contributed by atoms with Crippen LogP contribution < -0.4 is 5.73 Å². The Morgan fingerprint density at radius 3 is 2.58 bits per heavy atom. The Morgan fingerprint density at radius 1 is 1.16 bits per heavy atom. The van der Waals surface area contributed by atoms with E-state index in [4.69, 9.17) is 5.73 Å². The van der Waals surface area contributed by atoms with Crippen molar-refractivity contribution in [3.63, 3.8) is 0 Å². The molecule has 2 heteroatoms. The van der Waals surface area contributed by atoms with Crippen LogP contribution in [0.3, 0.4) is 0 Å². The first-order valence-electron chi connectivity index (χ1n) is 7.03. The number of aryl methyl sites for hydroxylation is 1. The van der Waals surface area contributed by atoms with Crippen molar-refractivity contribution >= 4 is 11.3 Å². The summed E-state index contributed by atoms with van der Waals surface area (Å²) in [7, 11) is 0. The van der Waals surface area contributed by atoms with Gasteiger partial charge >= 0.3 is 0 Å². The normalized spacial score (nSPS) is 12.9. The van der Waals surface area contributed by atoms with Gasteiger partial charge in [0, 0.05) is 9.75 Å². The van der Waals surface area contributed by atoms with Crippen LogP contribution in [0.15, 0.2) is 36.4 Å². The molecule has 0 spiro atoms. The van der Waals surface area contributed by atoms with Crippen molar-refractivity contribution in [1.29, 1.82) is 0 Å². The Balaban J connectivity index is 2.20. The molecule has 0 aliphatic heterocycles. The molecule has 19 heavy (non-hydrogen) atoms. The van der Waals surface area contributed by atoms with E-state index in [1.54, 1.807) is 0 Å². The molecule has 0 saturated heterocycles. The summed E-state index contributed by atoms with van der Waals surface area (Å²) in [4.78, 5) is 2.67. The maximum absolute atomic E-state index is 6.39. The van der Waals surface area contributed by atoms with Crippen molar-refractivity contribution in [3.8, 4) is 0 Å². The molecule has 1 heterocycles. The molecule has 1 aromatic carbocycles. The molecule has 2 N–H and O–H groups in total. The van der Waals surface area contributed by atoms with Gasteiger partial charge in [0.15, 0.2) is 0 Å². The first-order valence-corrected chi connectivity index (χ1v) is 7.84. The van der Waals surface area contributed by atoms with Gasteiger partial charge in [-0.3, -0.25) is 0 Å². The van der Waals surface area contributed by atoms with Crippen LogP contribution in [-0.4, -0.2) is 0 Å². The van der Waals surface area contributed by atoms with Crippen molar-refractivity contribution in [2.24, 2.45) is 11.7 Å². The van der Waals surface area contributed by atoms with E-state index >= 15 is 0 Å². The molecule has 0 bridgehead atoms. The summed E-state index contributed by atoms with van der Waals surface area (Å²) in [5.74, 6) is 0.680. The molecule has 1 aromatic heterocycles. The van der Waals surface area contributed by atoms with E-state index in [9.17, 15) is 0 Å². The van der Waals surface area contributed by atoms with Crippen LogP contribution in [-0.2, 0) is 12.8 Å². The highest BCUT2D eigenvalue weighted by Crippen LogP contribution is 2.27. The lowest BCUT2D eigenvalue weighted by Crippen LogP contribution is -2.10. The summed E-state index contributed by atoms with van der Waals surface area (Å²) in [5.41, 5.74) is 9.00. The van der Waals surface area contributed by atoms with Crippen LogP contribution in [0.4, 0.5) is 0 Å². The Labute approximate surface area is 120 Å². The fourth-order valence-electron chi connectivity index (χ4n) is 2.30. The van der Waals surface area contributed by atoms with E-state index in [-0.39, 0.29) is 6.04 Å². The first-order chi connectivity index (χ1) is 9.10. The van der Waals surface area contributed by atoms with Crippen molar-refractivity contribution < 1.29 is 0 Å². The van der Waals surface area contributed by atoms with Gasteiger partial charge in [0.25, 0.3) is 0 Å². The van der Waals surface area contributed by atoms with Gasteiger partial charge in [0.05, 0.1) is 6.04 Å². The van der Waals surface area contributed by atoms with E-state index < -0.39 is 0 Å². The van der Waals surface area contributed by atoms with Crippen molar-refractivity contribution in [2.75, 3.05) is 0 Å². The molecule has 2 rings (SSSR count). The minimum Gasteiger partial charge on any atom is -0.320 e. The van der Waals surface area contributed by atoms with Crippen LogP contribution in [0.25, 0.3) is 0 Å². The highest BCUT2D eigenvalue weighted by molar-refractivity contribution is 7.12. The molecule has 0 amide bonds. The highest BCUT2D eigenvalue weighted by atomic mass is 32.1. The summed E-state index contributed by atoms with van der Waals surface area (Å²) < 4.78 is 0. The second-order valence-electron chi connectivity index (χ2n) is 5.48. The van der Waals surface area contributed by atoms with Gasteiger partial charge in [0.1, 0.15) is 0 Å². The van der Waals surface area contributed by atoms with Crippen molar-refractivity contribution in [2.45, 2.75) is 39.7 Å². The van der Waals surface area contributed by atoms with E-state index in [1.165, 1.54) is 20.9 Å². The number of nitrogens with two attached hydrogens (primary N) is 1. The number of thiophene rings is 1. The summed E-state index contributed by atoms with van der Waals surface area (Å²) in [5, 5.41) is 0. The predicted molar refractivity (Wildman–Crippen MR) is 84.7 cm³/mol. The Bertz CT molecular complexity index is 528. The van der Waals surface area contributed by atoms with Gasteiger partial charge in [-0.1, -0.05) is 45.0 Å². The first kappa shape index (κ1) is 14.3. The van der Waals surface area contributed by atoms with E-state index in [2.05, 4.69) is 57.2 Å². The molecule has 0 fully saturated rings. The van der Waals surface area contributed by atoms with Crippen LogP contribution >= 0.6 is 11.3 Å². The topological polar surface area (TPSA) is 26.0 Å². The Hall–Kier alpha value is -1.12. The van der Waals surface area contributed by atoms with Gasteiger partial charge in [-0.2, -0.15) is 0 Å². The van der Waals surface area contributed by atoms with E-state index in [1.807, 2.05) is 11.3 Å². The molecular formula is C17H23NS. The average Bonchev–Trinajstić information content (AvgIpc) is 2.86. The third kappa shape index (κ3) is 3.68. The van der Waals surface area contributed by atoms with Crippen LogP contribution in [0.5, 0.6) is 0 Å². The standard InChI is InChI=1S/C17H23NS/c1-4-15-8-9-16(19-15)17(18)14-7-5-6-13(11-14)10-12(2)3/h5-9,11-12,17H,4,10,18H2,1-3H3. The minimum absolute atomic E-state index is 0.0115. The molecule has 1 nitrogen and oxygen atoms in total. The van der Waals surface area contributed by atoms with Gasteiger partial charge in [-0.05, 0) is 42.0 Å². The lowest BCUT2D eigenvalue weighted by Gasteiger charge is -2.12. The average molecular weight is 273 g/mol. The van der Waals surface area contributed by atoms with E-state index in [0.29, 0.717) is 5.92 Å². The molecule has 0 aliphatic carbocycles. The smallest absolute Gasteiger partial charge is 0.0646 e. The maximum atomic E-state index is 6.39. The quantitative estimate of drug-likeness (QED) is 0.849. The highest BCUT2D eigenvalue weighted by Gasteiger charge is 2.12. The Morgan fingerprint density at radius 2 is 1.95 bits per heavy atom. The molecule has 1 unspecified atom stereocenters. The lowest BCUT2D eigenvalue weighted by molar-refractivity contribution is 0.646. The van der Waals surface area contributed by atoms with Crippen LogP contribution in [0.2, 0.25) is 0 Å². The molecule has 0 saturated carbocycles. The SMILES string of the molecule is CCc1ccc(C(N)c2cccc(CC(C)C)c2)s1. The molecule has 2 aromatic rings. The van der Waals surface area contributed by atoms with Crippen molar-refractivity contribution in [3.05, 3.63) is 57.3 Å². The van der Waals surface area contributed by atoms with Gasteiger partial charge in [-0.25, -0.2) is 0 Å². The number of hydrogen-bond acceptors (Lipinski definition) is 2. The number of rotatable bonds is 5. The fraction of sp³-hybridized carbons (Fsp3) is 0.412. The van der Waals surface area contributed by atoms with Gasteiger partial charge < -0.3 is 5.73 Å². The third-order valence-corrected chi connectivity index (χ3v) is 4.60. The number of hydrogen-bond donors (Lipinski definition) is 1.